The highest BCUT2D eigenvalue weighted by atomic mass is 35.5. The van der Waals surface area contributed by atoms with E-state index in [0.717, 1.165) is 31.5 Å². The van der Waals surface area contributed by atoms with E-state index in [2.05, 4.69) is 4.90 Å². The van der Waals surface area contributed by atoms with Gasteiger partial charge in [0.15, 0.2) is 0 Å². The molecule has 1 heterocycles. The van der Waals surface area contributed by atoms with Gasteiger partial charge in [-0.3, -0.25) is 5.41 Å². The summed E-state index contributed by atoms with van der Waals surface area (Å²) in [6.45, 7) is 0.982. The Bertz CT molecular complexity index is 450. The number of nitrogens with zero attached hydrogens (tertiary/aromatic N) is 1. The van der Waals surface area contributed by atoms with E-state index in [1.54, 1.807) is 12.1 Å². The van der Waals surface area contributed by atoms with Crippen molar-refractivity contribution in [1.29, 1.82) is 5.41 Å². The molecule has 98 valence electrons. The molecular formula is C13H18ClN3O. The van der Waals surface area contributed by atoms with Gasteiger partial charge in [0.05, 0.1) is 12.6 Å². The number of hydrogen-bond acceptors (Lipinski definition) is 3. The van der Waals surface area contributed by atoms with Crippen molar-refractivity contribution < 1.29 is 5.11 Å². The fraction of sp³-hybridized carbons (Fsp3) is 0.462. The average Bonchev–Trinajstić information content (AvgIpc) is 2.38. The van der Waals surface area contributed by atoms with Gasteiger partial charge < -0.3 is 15.7 Å². The zero-order chi connectivity index (χ0) is 13.1. The van der Waals surface area contributed by atoms with Crippen LogP contribution in [0.5, 0.6) is 0 Å². The number of benzene rings is 1. The molecule has 0 spiro atoms. The largest absolute Gasteiger partial charge is 0.394 e. The van der Waals surface area contributed by atoms with Gasteiger partial charge in [-0.25, -0.2) is 0 Å². The molecule has 4 nitrogen and oxygen atoms in total. The van der Waals surface area contributed by atoms with Crippen LogP contribution in [0.15, 0.2) is 18.2 Å². The van der Waals surface area contributed by atoms with Gasteiger partial charge in [-0.15, -0.1) is 0 Å². The molecule has 1 unspecified atom stereocenters. The van der Waals surface area contributed by atoms with Crippen LogP contribution < -0.4 is 10.6 Å². The van der Waals surface area contributed by atoms with Gasteiger partial charge in [0.2, 0.25) is 0 Å². The number of aliphatic hydroxyl groups is 1. The predicted molar refractivity (Wildman–Crippen MR) is 74.5 cm³/mol. The second-order valence-corrected chi connectivity index (χ2v) is 5.04. The summed E-state index contributed by atoms with van der Waals surface area (Å²) in [6.07, 6.45) is 3.17. The van der Waals surface area contributed by atoms with Gasteiger partial charge >= 0.3 is 0 Å². The number of hydrogen-bond donors (Lipinski definition) is 3. The fourth-order valence-corrected chi connectivity index (χ4v) is 2.64. The molecule has 1 aliphatic heterocycles. The number of amidine groups is 1. The topological polar surface area (TPSA) is 73.3 Å². The van der Waals surface area contributed by atoms with Crippen LogP contribution in [-0.2, 0) is 0 Å². The lowest BCUT2D eigenvalue weighted by Crippen LogP contribution is -2.42. The van der Waals surface area contributed by atoms with E-state index in [4.69, 9.17) is 22.7 Å². The maximum absolute atomic E-state index is 9.46. The van der Waals surface area contributed by atoms with Gasteiger partial charge in [-0.1, -0.05) is 11.6 Å². The van der Waals surface area contributed by atoms with E-state index in [9.17, 15) is 5.11 Å². The summed E-state index contributed by atoms with van der Waals surface area (Å²) in [5.74, 6) is 0.0314. The molecule has 0 aliphatic carbocycles. The van der Waals surface area contributed by atoms with Crippen molar-refractivity contribution in [3.63, 3.8) is 0 Å². The zero-order valence-corrected chi connectivity index (χ0v) is 11.0. The highest BCUT2D eigenvalue weighted by Gasteiger charge is 2.24. The third kappa shape index (κ3) is 2.60. The fourth-order valence-electron chi connectivity index (χ4n) is 2.48. The van der Waals surface area contributed by atoms with Crippen molar-refractivity contribution >= 4 is 23.1 Å². The minimum Gasteiger partial charge on any atom is -0.394 e. The number of piperidine rings is 1. The average molecular weight is 268 g/mol. The molecule has 1 fully saturated rings. The molecule has 5 heteroatoms. The van der Waals surface area contributed by atoms with Crippen LogP contribution in [0.1, 0.15) is 24.8 Å². The highest BCUT2D eigenvalue weighted by Crippen LogP contribution is 2.30. The molecule has 1 atom stereocenters. The van der Waals surface area contributed by atoms with Crippen LogP contribution in [0.2, 0.25) is 5.02 Å². The molecule has 0 amide bonds. The lowest BCUT2D eigenvalue weighted by atomic mass is 10.00. The number of nitrogens with two attached hydrogens (primary N) is 1. The minimum atomic E-state index is 0.0314. The van der Waals surface area contributed by atoms with E-state index >= 15 is 0 Å². The molecule has 0 radical (unpaired) electrons. The number of rotatable bonds is 3. The molecule has 4 N–H and O–H groups in total. The number of anilines is 1. The summed E-state index contributed by atoms with van der Waals surface area (Å²) >= 11 is 6.03. The van der Waals surface area contributed by atoms with E-state index < -0.39 is 0 Å². The van der Waals surface area contributed by atoms with Crippen LogP contribution in [0, 0.1) is 5.41 Å². The monoisotopic (exact) mass is 267 g/mol. The predicted octanol–water partition coefficient (Wildman–Crippen LogP) is 1.98. The van der Waals surface area contributed by atoms with Crippen molar-refractivity contribution in [3.8, 4) is 0 Å². The van der Waals surface area contributed by atoms with Crippen molar-refractivity contribution in [2.75, 3.05) is 18.1 Å². The summed E-state index contributed by atoms with van der Waals surface area (Å²) in [6, 6.07) is 5.42. The first kappa shape index (κ1) is 13.2. The van der Waals surface area contributed by atoms with E-state index in [1.807, 2.05) is 6.07 Å². The van der Waals surface area contributed by atoms with Crippen molar-refractivity contribution in [1.82, 2.24) is 0 Å². The molecule has 0 saturated carbocycles. The quantitative estimate of drug-likeness (QED) is 0.579. The molecule has 1 aromatic carbocycles. The molecule has 1 aromatic rings. The number of aliphatic hydroxyl groups excluding tert-OH is 1. The number of nitrogens with one attached hydrogen (secondary N) is 1. The summed E-state index contributed by atoms with van der Waals surface area (Å²) in [5, 5.41) is 17.7. The Kier molecular flexibility index (Phi) is 4.09. The molecule has 1 aliphatic rings. The molecule has 18 heavy (non-hydrogen) atoms. The Balaban J connectivity index is 2.41. The Morgan fingerprint density at radius 3 is 2.94 bits per heavy atom. The highest BCUT2D eigenvalue weighted by molar-refractivity contribution is 6.31. The minimum absolute atomic E-state index is 0.0314. The maximum atomic E-state index is 9.46. The van der Waals surface area contributed by atoms with Crippen LogP contribution in [0.3, 0.4) is 0 Å². The third-order valence-corrected chi connectivity index (χ3v) is 3.63. The van der Waals surface area contributed by atoms with E-state index in [0.29, 0.717) is 10.6 Å². The zero-order valence-electron chi connectivity index (χ0n) is 10.2. The first-order valence-electron chi connectivity index (χ1n) is 6.15. The Morgan fingerprint density at radius 2 is 2.28 bits per heavy atom. The third-order valence-electron chi connectivity index (χ3n) is 3.40. The molecule has 2 rings (SSSR count). The lowest BCUT2D eigenvalue weighted by Gasteiger charge is -2.37. The van der Waals surface area contributed by atoms with E-state index in [-0.39, 0.29) is 18.5 Å². The van der Waals surface area contributed by atoms with Crippen LogP contribution in [0.25, 0.3) is 0 Å². The number of halogens is 1. The second kappa shape index (κ2) is 5.59. The van der Waals surface area contributed by atoms with Crippen LogP contribution >= 0.6 is 11.6 Å². The smallest absolute Gasteiger partial charge is 0.124 e. The first-order chi connectivity index (χ1) is 8.63. The van der Waals surface area contributed by atoms with Gasteiger partial charge in [-0.2, -0.15) is 0 Å². The second-order valence-electron chi connectivity index (χ2n) is 4.60. The van der Waals surface area contributed by atoms with Crippen molar-refractivity contribution in [2.45, 2.75) is 25.3 Å². The Hall–Kier alpha value is -1.26. The standard InChI is InChI=1S/C13H18ClN3O/c14-9-4-5-11(13(15)16)12(7-9)17-6-2-1-3-10(17)8-18/h4-5,7,10,18H,1-3,6,8H2,(H3,15,16). The van der Waals surface area contributed by atoms with Gasteiger partial charge in [0, 0.05) is 22.8 Å². The van der Waals surface area contributed by atoms with Gasteiger partial charge in [0.1, 0.15) is 5.84 Å². The molecular weight excluding hydrogens is 250 g/mol. The van der Waals surface area contributed by atoms with Gasteiger partial charge in [0.25, 0.3) is 0 Å². The summed E-state index contributed by atoms with van der Waals surface area (Å²) in [7, 11) is 0. The normalized spacial score (nSPS) is 19.9. The first-order valence-corrected chi connectivity index (χ1v) is 6.52. The molecule has 1 saturated heterocycles. The Morgan fingerprint density at radius 1 is 1.50 bits per heavy atom. The lowest BCUT2D eigenvalue weighted by molar-refractivity contribution is 0.240. The molecule has 0 aromatic heterocycles. The van der Waals surface area contributed by atoms with Crippen molar-refractivity contribution in [2.24, 2.45) is 5.73 Å². The van der Waals surface area contributed by atoms with Crippen LogP contribution in [0.4, 0.5) is 5.69 Å². The Labute approximate surface area is 112 Å². The van der Waals surface area contributed by atoms with Crippen LogP contribution in [-0.4, -0.2) is 30.1 Å². The SMILES string of the molecule is N=C(N)c1ccc(Cl)cc1N1CCCCC1CO. The number of nitrogen functional groups attached to an aromatic ring is 1. The summed E-state index contributed by atoms with van der Waals surface area (Å²) < 4.78 is 0. The summed E-state index contributed by atoms with van der Waals surface area (Å²) in [5.41, 5.74) is 7.14. The molecule has 0 bridgehead atoms. The van der Waals surface area contributed by atoms with Crippen molar-refractivity contribution in [3.05, 3.63) is 28.8 Å². The summed E-state index contributed by atoms with van der Waals surface area (Å²) in [4.78, 5) is 2.12. The van der Waals surface area contributed by atoms with Gasteiger partial charge in [-0.05, 0) is 37.5 Å². The van der Waals surface area contributed by atoms with E-state index in [1.165, 1.54) is 0 Å². The maximum Gasteiger partial charge on any atom is 0.124 e.